The number of carbonyl (C=O) groups excluding carboxylic acids is 1. The Hall–Kier alpha value is -1.61. The zero-order valence-corrected chi connectivity index (χ0v) is 11.8. The van der Waals surface area contributed by atoms with Gasteiger partial charge in [-0.15, -0.1) is 0 Å². The molecule has 1 aromatic carbocycles. The molecule has 0 spiro atoms. The van der Waals surface area contributed by atoms with Crippen molar-refractivity contribution in [3.8, 4) is 0 Å². The van der Waals surface area contributed by atoms with Crippen LogP contribution in [0.3, 0.4) is 0 Å². The molecule has 0 heterocycles. The summed E-state index contributed by atoms with van der Waals surface area (Å²) < 4.78 is 31.9. The predicted molar refractivity (Wildman–Crippen MR) is 70.0 cm³/mol. The second kappa shape index (κ2) is 7.85. The maximum Gasteiger partial charge on any atom is 0.308 e. The Morgan fingerprint density at radius 3 is 2.70 bits per heavy atom. The number of halogens is 3. The molecule has 0 aliphatic rings. The number of hydrogen-bond donors (Lipinski definition) is 1. The van der Waals surface area contributed by atoms with Gasteiger partial charge in [-0.1, -0.05) is 15.9 Å². The van der Waals surface area contributed by atoms with E-state index in [9.17, 15) is 23.7 Å². The van der Waals surface area contributed by atoms with E-state index in [0.717, 1.165) is 0 Å². The van der Waals surface area contributed by atoms with E-state index in [4.69, 9.17) is 4.74 Å². The fourth-order valence-corrected chi connectivity index (χ4v) is 1.59. The minimum Gasteiger partial charge on any atom is -0.379 e. The standard InChI is InChI=1S/C11H11BrF2N2O4/c12-1-3-20-4-2-15-11(17)8-5-7(13)6-9(10(8)14)16(18)19/h5-6H,1-4H2,(H,15,17). The van der Waals surface area contributed by atoms with E-state index >= 15 is 0 Å². The van der Waals surface area contributed by atoms with Gasteiger partial charge in [0.15, 0.2) is 0 Å². The summed E-state index contributed by atoms with van der Waals surface area (Å²) >= 11 is 3.14. The molecule has 1 N–H and O–H groups in total. The van der Waals surface area contributed by atoms with Crippen LogP contribution in [0.4, 0.5) is 14.5 Å². The van der Waals surface area contributed by atoms with Crippen LogP contribution in [0, 0.1) is 21.7 Å². The summed E-state index contributed by atoms with van der Waals surface area (Å²) in [6.45, 7) is 0.710. The van der Waals surface area contributed by atoms with Crippen LogP contribution in [0.25, 0.3) is 0 Å². The lowest BCUT2D eigenvalue weighted by molar-refractivity contribution is -0.387. The number of hydrogen-bond acceptors (Lipinski definition) is 4. The third kappa shape index (κ3) is 4.49. The predicted octanol–water partition coefficient (Wildman–Crippen LogP) is 2.01. The largest absolute Gasteiger partial charge is 0.379 e. The molecular formula is C11H11BrF2N2O4. The molecule has 110 valence electrons. The fourth-order valence-electron chi connectivity index (χ4n) is 1.36. The van der Waals surface area contributed by atoms with Crippen molar-refractivity contribution in [1.29, 1.82) is 0 Å². The highest BCUT2D eigenvalue weighted by atomic mass is 79.9. The summed E-state index contributed by atoms with van der Waals surface area (Å²) in [5, 5.41) is 13.4. The topological polar surface area (TPSA) is 81.5 Å². The van der Waals surface area contributed by atoms with E-state index in [-0.39, 0.29) is 13.2 Å². The number of nitrogens with zero attached hydrogens (tertiary/aromatic N) is 1. The SMILES string of the molecule is O=C(NCCOCCBr)c1cc(F)cc([N+](=O)[O-])c1F. The second-order valence-electron chi connectivity index (χ2n) is 3.60. The molecule has 1 amide bonds. The van der Waals surface area contributed by atoms with Gasteiger partial charge in [0.1, 0.15) is 5.82 Å². The lowest BCUT2D eigenvalue weighted by atomic mass is 10.1. The van der Waals surface area contributed by atoms with Gasteiger partial charge in [-0.2, -0.15) is 4.39 Å². The molecule has 0 aromatic heterocycles. The molecule has 9 heteroatoms. The van der Waals surface area contributed by atoms with Gasteiger partial charge in [-0.05, 0) is 6.07 Å². The number of nitro groups is 1. The van der Waals surface area contributed by atoms with Gasteiger partial charge < -0.3 is 10.1 Å². The van der Waals surface area contributed by atoms with Gasteiger partial charge in [0, 0.05) is 11.9 Å². The van der Waals surface area contributed by atoms with Crippen LogP contribution in [0.5, 0.6) is 0 Å². The molecule has 1 aromatic rings. The molecule has 0 bridgehead atoms. The lowest BCUT2D eigenvalue weighted by Gasteiger charge is -2.07. The van der Waals surface area contributed by atoms with Crippen molar-refractivity contribution in [3.63, 3.8) is 0 Å². The fraction of sp³-hybridized carbons (Fsp3) is 0.364. The third-order valence-corrected chi connectivity index (χ3v) is 2.54. The van der Waals surface area contributed by atoms with Crippen molar-refractivity contribution in [3.05, 3.63) is 39.4 Å². The van der Waals surface area contributed by atoms with E-state index < -0.39 is 33.7 Å². The molecular weight excluding hydrogens is 342 g/mol. The van der Waals surface area contributed by atoms with E-state index in [0.29, 0.717) is 24.1 Å². The zero-order chi connectivity index (χ0) is 15.1. The third-order valence-electron chi connectivity index (χ3n) is 2.21. The molecule has 0 saturated heterocycles. The molecule has 0 radical (unpaired) electrons. The summed E-state index contributed by atoms with van der Waals surface area (Å²) in [5.41, 5.74) is -1.79. The molecule has 6 nitrogen and oxygen atoms in total. The number of nitro benzene ring substituents is 1. The Morgan fingerprint density at radius 1 is 1.40 bits per heavy atom. The highest BCUT2D eigenvalue weighted by Gasteiger charge is 2.23. The van der Waals surface area contributed by atoms with Crippen LogP contribution in [0.1, 0.15) is 10.4 Å². The normalized spacial score (nSPS) is 10.3. The van der Waals surface area contributed by atoms with Gasteiger partial charge in [0.05, 0.1) is 29.8 Å². The van der Waals surface area contributed by atoms with E-state index in [1.165, 1.54) is 0 Å². The van der Waals surface area contributed by atoms with Gasteiger partial charge in [0.2, 0.25) is 5.82 Å². The number of benzene rings is 1. The summed E-state index contributed by atoms with van der Waals surface area (Å²) in [4.78, 5) is 21.1. The first kappa shape index (κ1) is 16.4. The minimum atomic E-state index is -1.37. The Balaban J connectivity index is 2.75. The highest BCUT2D eigenvalue weighted by molar-refractivity contribution is 9.09. The van der Waals surface area contributed by atoms with E-state index in [1.807, 2.05) is 0 Å². The number of carbonyl (C=O) groups is 1. The van der Waals surface area contributed by atoms with E-state index in [2.05, 4.69) is 21.2 Å². The number of ether oxygens (including phenoxy) is 1. The summed E-state index contributed by atoms with van der Waals surface area (Å²) in [6, 6.07) is 1.03. The summed E-state index contributed by atoms with van der Waals surface area (Å²) in [6.07, 6.45) is 0. The molecule has 0 aliphatic heterocycles. The van der Waals surface area contributed by atoms with Crippen molar-refractivity contribution < 1.29 is 23.2 Å². The zero-order valence-electron chi connectivity index (χ0n) is 10.2. The Bertz CT molecular complexity index is 513. The summed E-state index contributed by atoms with van der Waals surface area (Å²) in [5.74, 6) is -3.36. The van der Waals surface area contributed by atoms with Crippen LogP contribution < -0.4 is 5.32 Å². The van der Waals surface area contributed by atoms with Crippen LogP contribution in [0.2, 0.25) is 0 Å². The highest BCUT2D eigenvalue weighted by Crippen LogP contribution is 2.22. The second-order valence-corrected chi connectivity index (χ2v) is 4.39. The van der Waals surface area contributed by atoms with Crippen molar-refractivity contribution in [2.45, 2.75) is 0 Å². The molecule has 0 aliphatic carbocycles. The van der Waals surface area contributed by atoms with Gasteiger partial charge in [-0.3, -0.25) is 14.9 Å². The first-order valence-electron chi connectivity index (χ1n) is 5.52. The Morgan fingerprint density at radius 2 is 2.10 bits per heavy atom. The average molecular weight is 353 g/mol. The van der Waals surface area contributed by atoms with Crippen molar-refractivity contribution in [1.82, 2.24) is 5.32 Å². The van der Waals surface area contributed by atoms with Crippen molar-refractivity contribution in [2.75, 3.05) is 25.1 Å². The van der Waals surface area contributed by atoms with Gasteiger partial charge in [-0.25, -0.2) is 4.39 Å². The Labute approximate surface area is 121 Å². The molecule has 0 saturated carbocycles. The number of rotatable bonds is 7. The molecule has 1 rings (SSSR count). The summed E-state index contributed by atoms with van der Waals surface area (Å²) in [7, 11) is 0. The number of alkyl halides is 1. The van der Waals surface area contributed by atoms with Gasteiger partial charge >= 0.3 is 5.69 Å². The molecule has 0 unspecified atom stereocenters. The average Bonchev–Trinajstić information content (AvgIpc) is 2.40. The lowest BCUT2D eigenvalue weighted by Crippen LogP contribution is -2.28. The maximum absolute atomic E-state index is 13.7. The van der Waals surface area contributed by atoms with Crippen LogP contribution in [-0.2, 0) is 4.74 Å². The molecule has 20 heavy (non-hydrogen) atoms. The Kier molecular flexibility index (Phi) is 6.46. The van der Waals surface area contributed by atoms with Gasteiger partial charge in [0.25, 0.3) is 5.91 Å². The maximum atomic E-state index is 13.7. The molecule has 0 atom stereocenters. The first-order valence-corrected chi connectivity index (χ1v) is 6.65. The quantitative estimate of drug-likeness (QED) is 0.352. The number of nitrogens with one attached hydrogen (secondary N) is 1. The minimum absolute atomic E-state index is 0.0790. The van der Waals surface area contributed by atoms with Crippen molar-refractivity contribution >= 4 is 27.5 Å². The van der Waals surface area contributed by atoms with E-state index in [1.54, 1.807) is 0 Å². The van der Waals surface area contributed by atoms with Crippen LogP contribution in [-0.4, -0.2) is 35.9 Å². The monoisotopic (exact) mass is 352 g/mol. The van der Waals surface area contributed by atoms with Crippen molar-refractivity contribution in [2.24, 2.45) is 0 Å². The van der Waals surface area contributed by atoms with Crippen LogP contribution >= 0.6 is 15.9 Å². The number of amides is 1. The van der Waals surface area contributed by atoms with Crippen LogP contribution in [0.15, 0.2) is 12.1 Å². The smallest absolute Gasteiger partial charge is 0.308 e. The molecule has 0 fully saturated rings. The first-order chi connectivity index (χ1) is 9.47.